The van der Waals surface area contributed by atoms with Crippen molar-refractivity contribution in [2.45, 2.75) is 52.1 Å². The number of terminal acetylenes is 1. The Balaban J connectivity index is 2.37. The van der Waals surface area contributed by atoms with Gasteiger partial charge in [-0.2, -0.15) is 0 Å². The third kappa shape index (κ3) is 4.40. The zero-order valence-electron chi connectivity index (χ0n) is 11.1. The first kappa shape index (κ1) is 14.1. The summed E-state index contributed by atoms with van der Waals surface area (Å²) in [6, 6.07) is 0.294. The maximum atomic E-state index is 11.7. The molecule has 1 rings (SSSR count). The zero-order chi connectivity index (χ0) is 12.8. The number of rotatable bonds is 4. The van der Waals surface area contributed by atoms with Crippen molar-refractivity contribution in [1.29, 1.82) is 0 Å². The molecule has 0 aliphatic heterocycles. The summed E-state index contributed by atoms with van der Waals surface area (Å²) in [6.07, 6.45) is 8.77. The summed E-state index contributed by atoms with van der Waals surface area (Å²) in [5.74, 6) is 3.86. The van der Waals surface area contributed by atoms with Crippen molar-refractivity contribution >= 4 is 5.91 Å². The van der Waals surface area contributed by atoms with Crippen LogP contribution in [-0.4, -0.2) is 24.5 Å². The van der Waals surface area contributed by atoms with Crippen LogP contribution in [0.4, 0.5) is 0 Å². The van der Waals surface area contributed by atoms with Crippen molar-refractivity contribution in [2.75, 3.05) is 6.54 Å². The molecule has 2 N–H and O–H groups in total. The first-order chi connectivity index (χ1) is 8.04. The fraction of sp³-hybridized carbons (Fsp3) is 0.786. The molecule has 1 amide bonds. The van der Waals surface area contributed by atoms with Crippen molar-refractivity contribution in [1.82, 2.24) is 10.6 Å². The Hall–Kier alpha value is -1.01. The Morgan fingerprint density at radius 3 is 2.76 bits per heavy atom. The minimum absolute atomic E-state index is 0.00577. The molecule has 0 bridgehead atoms. The molecule has 96 valence electrons. The lowest BCUT2D eigenvalue weighted by atomic mass is 9.79. The molecule has 1 aliphatic carbocycles. The summed E-state index contributed by atoms with van der Waals surface area (Å²) >= 11 is 0. The fourth-order valence-corrected chi connectivity index (χ4v) is 2.60. The van der Waals surface area contributed by atoms with E-state index in [0.717, 1.165) is 12.3 Å². The summed E-state index contributed by atoms with van der Waals surface area (Å²) < 4.78 is 0. The van der Waals surface area contributed by atoms with Crippen LogP contribution < -0.4 is 10.6 Å². The number of nitrogens with one attached hydrogen (secondary N) is 2. The van der Waals surface area contributed by atoms with E-state index in [2.05, 4.69) is 30.4 Å². The zero-order valence-corrected chi connectivity index (χ0v) is 11.1. The van der Waals surface area contributed by atoms with Gasteiger partial charge < -0.3 is 10.6 Å². The topological polar surface area (TPSA) is 41.1 Å². The molecule has 1 fully saturated rings. The molecular weight excluding hydrogens is 212 g/mol. The lowest BCUT2D eigenvalue weighted by Gasteiger charge is -2.34. The Morgan fingerprint density at radius 2 is 2.18 bits per heavy atom. The monoisotopic (exact) mass is 236 g/mol. The van der Waals surface area contributed by atoms with Crippen LogP contribution in [0.25, 0.3) is 0 Å². The van der Waals surface area contributed by atoms with Crippen molar-refractivity contribution in [2.24, 2.45) is 11.8 Å². The maximum Gasteiger partial charge on any atom is 0.237 e. The summed E-state index contributed by atoms with van der Waals surface area (Å²) in [4.78, 5) is 11.7. The van der Waals surface area contributed by atoms with Gasteiger partial charge >= 0.3 is 0 Å². The van der Waals surface area contributed by atoms with Crippen LogP contribution in [0.2, 0.25) is 0 Å². The van der Waals surface area contributed by atoms with E-state index in [0.29, 0.717) is 18.5 Å². The molecule has 0 spiro atoms. The normalized spacial score (nSPS) is 30.4. The molecule has 0 aromatic rings. The van der Waals surface area contributed by atoms with Gasteiger partial charge in [-0.3, -0.25) is 4.79 Å². The Morgan fingerprint density at radius 1 is 1.47 bits per heavy atom. The average Bonchev–Trinajstić information content (AvgIpc) is 2.29. The fourth-order valence-electron chi connectivity index (χ4n) is 2.60. The van der Waals surface area contributed by atoms with E-state index in [1.807, 2.05) is 6.92 Å². The Labute approximate surface area is 105 Å². The van der Waals surface area contributed by atoms with E-state index in [-0.39, 0.29) is 11.9 Å². The average molecular weight is 236 g/mol. The van der Waals surface area contributed by atoms with Gasteiger partial charge in [0.2, 0.25) is 5.91 Å². The van der Waals surface area contributed by atoms with Gasteiger partial charge in [0, 0.05) is 6.04 Å². The smallest absolute Gasteiger partial charge is 0.237 e. The lowest BCUT2D eigenvalue weighted by molar-refractivity contribution is -0.122. The third-order valence-electron chi connectivity index (χ3n) is 3.65. The van der Waals surface area contributed by atoms with Gasteiger partial charge in [0.25, 0.3) is 0 Å². The summed E-state index contributed by atoms with van der Waals surface area (Å²) in [6.45, 7) is 6.77. The Bertz CT molecular complexity index is 295. The summed E-state index contributed by atoms with van der Waals surface area (Å²) in [5.41, 5.74) is 0. The van der Waals surface area contributed by atoms with E-state index in [1.54, 1.807) is 0 Å². The molecule has 0 saturated heterocycles. The maximum absolute atomic E-state index is 11.7. The third-order valence-corrected chi connectivity index (χ3v) is 3.65. The van der Waals surface area contributed by atoms with Crippen LogP contribution in [0.3, 0.4) is 0 Å². The molecule has 3 nitrogen and oxygen atoms in total. The van der Waals surface area contributed by atoms with Crippen molar-refractivity contribution < 1.29 is 4.79 Å². The molecule has 0 aromatic carbocycles. The number of hydrogen-bond acceptors (Lipinski definition) is 2. The van der Waals surface area contributed by atoms with Crippen LogP contribution >= 0.6 is 0 Å². The van der Waals surface area contributed by atoms with Crippen LogP contribution in [0.1, 0.15) is 40.0 Å². The first-order valence-corrected chi connectivity index (χ1v) is 6.51. The highest BCUT2D eigenvalue weighted by molar-refractivity contribution is 5.81. The largest absolute Gasteiger partial charge is 0.344 e. The Kier molecular flexibility index (Phi) is 5.50. The standard InChI is InChI=1S/C14H24N2O/c1-5-8-15-14(17)12(4)16-13-7-6-10(2)9-11(13)3/h1,10-13,16H,6-9H2,2-4H3,(H,15,17). The lowest BCUT2D eigenvalue weighted by Crippen LogP contribution is -2.50. The SMILES string of the molecule is C#CCNC(=O)C(C)NC1CCC(C)CC1C. The van der Waals surface area contributed by atoms with E-state index in [9.17, 15) is 4.79 Å². The van der Waals surface area contributed by atoms with Crippen molar-refractivity contribution in [3.63, 3.8) is 0 Å². The number of carbonyl (C=O) groups excluding carboxylic acids is 1. The van der Waals surface area contributed by atoms with E-state index in [1.165, 1.54) is 12.8 Å². The quantitative estimate of drug-likeness (QED) is 0.727. The van der Waals surface area contributed by atoms with E-state index < -0.39 is 0 Å². The molecule has 0 radical (unpaired) electrons. The molecule has 1 saturated carbocycles. The van der Waals surface area contributed by atoms with Gasteiger partial charge in [0.15, 0.2) is 0 Å². The van der Waals surface area contributed by atoms with Gasteiger partial charge in [-0.05, 0) is 38.0 Å². The second kappa shape index (κ2) is 6.66. The molecule has 4 unspecified atom stereocenters. The molecule has 17 heavy (non-hydrogen) atoms. The van der Waals surface area contributed by atoms with E-state index in [4.69, 9.17) is 6.42 Å². The van der Waals surface area contributed by atoms with Crippen molar-refractivity contribution in [3.05, 3.63) is 0 Å². The molecule has 0 aromatic heterocycles. The molecule has 3 heteroatoms. The minimum Gasteiger partial charge on any atom is -0.344 e. The molecule has 0 heterocycles. The van der Waals surface area contributed by atoms with Crippen LogP contribution in [0.5, 0.6) is 0 Å². The number of hydrogen-bond donors (Lipinski definition) is 2. The molecule has 4 atom stereocenters. The first-order valence-electron chi connectivity index (χ1n) is 6.51. The molecule has 1 aliphatic rings. The van der Waals surface area contributed by atoms with E-state index >= 15 is 0 Å². The highest BCUT2D eigenvalue weighted by atomic mass is 16.2. The molecular formula is C14H24N2O. The van der Waals surface area contributed by atoms with Crippen LogP contribution in [-0.2, 0) is 4.79 Å². The predicted molar refractivity (Wildman–Crippen MR) is 70.4 cm³/mol. The van der Waals surface area contributed by atoms with Crippen molar-refractivity contribution in [3.8, 4) is 12.3 Å². The van der Waals surface area contributed by atoms with Gasteiger partial charge in [-0.15, -0.1) is 6.42 Å². The van der Waals surface area contributed by atoms with Crippen LogP contribution in [0, 0.1) is 24.2 Å². The second-order valence-electron chi connectivity index (χ2n) is 5.31. The van der Waals surface area contributed by atoms with Gasteiger partial charge in [0.05, 0.1) is 12.6 Å². The number of amides is 1. The minimum atomic E-state index is -0.163. The second-order valence-corrected chi connectivity index (χ2v) is 5.31. The highest BCUT2D eigenvalue weighted by Crippen LogP contribution is 2.28. The predicted octanol–water partition coefficient (Wildman–Crippen LogP) is 1.54. The van der Waals surface area contributed by atoms with Gasteiger partial charge in [-0.1, -0.05) is 19.8 Å². The highest BCUT2D eigenvalue weighted by Gasteiger charge is 2.27. The van der Waals surface area contributed by atoms with Gasteiger partial charge in [0.1, 0.15) is 0 Å². The summed E-state index contributed by atoms with van der Waals surface area (Å²) in [7, 11) is 0. The number of carbonyl (C=O) groups is 1. The summed E-state index contributed by atoms with van der Waals surface area (Å²) in [5, 5.41) is 6.12. The van der Waals surface area contributed by atoms with Gasteiger partial charge in [-0.25, -0.2) is 0 Å². The van der Waals surface area contributed by atoms with Crippen LogP contribution in [0.15, 0.2) is 0 Å².